The molecule has 1 N–H and O–H groups in total. The van der Waals surface area contributed by atoms with Gasteiger partial charge in [-0.25, -0.2) is 0 Å². The molecule has 3 amide bonds. The van der Waals surface area contributed by atoms with Gasteiger partial charge in [0, 0.05) is 17.1 Å². The van der Waals surface area contributed by atoms with Gasteiger partial charge in [-0.2, -0.15) is 0 Å². The molecule has 3 aromatic carbocycles. The molecule has 0 bridgehead atoms. The minimum Gasteiger partial charge on any atom is -0.324 e. The van der Waals surface area contributed by atoms with Crippen molar-refractivity contribution in [2.45, 2.75) is 0 Å². The topological polar surface area (TPSA) is 110 Å². The molecule has 0 unspecified atom stereocenters. The minimum atomic E-state index is -0.666. The first kappa shape index (κ1) is 20.3. The summed E-state index contributed by atoms with van der Waals surface area (Å²) in [6.45, 7) is -0.456. The summed E-state index contributed by atoms with van der Waals surface area (Å²) in [6.07, 6.45) is 1.30. The van der Waals surface area contributed by atoms with Gasteiger partial charge in [0.2, 0.25) is 5.91 Å². The number of nitro groups is 1. The molecule has 0 aliphatic carbocycles. The quantitative estimate of drug-likeness (QED) is 0.362. The fourth-order valence-corrected chi connectivity index (χ4v) is 4.05. The van der Waals surface area contributed by atoms with Gasteiger partial charge in [0.1, 0.15) is 6.54 Å². The van der Waals surface area contributed by atoms with Crippen molar-refractivity contribution in [3.8, 4) is 0 Å². The fraction of sp³-hybridized carbons (Fsp3) is 0.0455. The zero-order chi connectivity index (χ0) is 22.0. The van der Waals surface area contributed by atoms with E-state index in [0.717, 1.165) is 15.7 Å². The maximum Gasteiger partial charge on any atom is 0.294 e. The minimum absolute atomic E-state index is 0.0252. The number of nitrogens with one attached hydrogen (secondary N) is 1. The summed E-state index contributed by atoms with van der Waals surface area (Å²) in [5.41, 5.74) is 0.603. The second-order valence-electron chi connectivity index (χ2n) is 6.66. The number of hydrogen-bond donors (Lipinski definition) is 1. The predicted molar refractivity (Wildman–Crippen MR) is 118 cm³/mol. The molecule has 0 radical (unpaired) electrons. The van der Waals surface area contributed by atoms with E-state index in [9.17, 15) is 24.5 Å². The Morgan fingerprint density at radius 2 is 1.74 bits per heavy atom. The van der Waals surface area contributed by atoms with E-state index in [1.54, 1.807) is 18.2 Å². The van der Waals surface area contributed by atoms with Gasteiger partial charge in [-0.05, 0) is 35.4 Å². The highest BCUT2D eigenvalue weighted by molar-refractivity contribution is 8.18. The van der Waals surface area contributed by atoms with Gasteiger partial charge >= 0.3 is 0 Å². The monoisotopic (exact) mass is 433 g/mol. The van der Waals surface area contributed by atoms with Crippen LogP contribution in [0.4, 0.5) is 16.2 Å². The van der Waals surface area contributed by atoms with Crippen LogP contribution in [0.5, 0.6) is 0 Å². The average molecular weight is 433 g/mol. The standard InChI is InChI=1S/C22H15N3O5S/c26-20(23-17-10-5-8-14-6-1-3-9-16(14)17)13-24-21(27)19(31-22(24)28)12-15-7-2-4-11-18(15)25(29)30/h1-12H,13H2,(H,23,26). The van der Waals surface area contributed by atoms with E-state index in [4.69, 9.17) is 0 Å². The van der Waals surface area contributed by atoms with Crippen LogP contribution in [0.15, 0.2) is 71.6 Å². The lowest BCUT2D eigenvalue weighted by Gasteiger charge is -2.13. The van der Waals surface area contributed by atoms with Gasteiger partial charge in [-0.3, -0.25) is 29.4 Å². The Labute approximate surface area is 180 Å². The largest absolute Gasteiger partial charge is 0.324 e. The van der Waals surface area contributed by atoms with Crippen LogP contribution >= 0.6 is 11.8 Å². The van der Waals surface area contributed by atoms with Gasteiger partial charge in [0.25, 0.3) is 16.8 Å². The van der Waals surface area contributed by atoms with Crippen molar-refractivity contribution in [3.63, 3.8) is 0 Å². The number of benzene rings is 3. The highest BCUT2D eigenvalue weighted by Crippen LogP contribution is 2.34. The Morgan fingerprint density at radius 1 is 1.03 bits per heavy atom. The molecule has 4 rings (SSSR count). The number of amides is 3. The highest BCUT2D eigenvalue weighted by atomic mass is 32.2. The molecule has 8 nitrogen and oxygen atoms in total. The van der Waals surface area contributed by atoms with E-state index in [2.05, 4.69) is 5.32 Å². The van der Waals surface area contributed by atoms with Crippen molar-refractivity contribution in [1.82, 2.24) is 4.90 Å². The number of rotatable bonds is 5. The molecule has 1 fully saturated rings. The highest BCUT2D eigenvalue weighted by Gasteiger charge is 2.36. The Hall–Kier alpha value is -3.98. The number of carbonyl (C=O) groups excluding carboxylic acids is 3. The van der Waals surface area contributed by atoms with Crippen LogP contribution in [0, 0.1) is 10.1 Å². The molecule has 0 saturated carbocycles. The van der Waals surface area contributed by atoms with Crippen LogP contribution in [0.25, 0.3) is 16.8 Å². The SMILES string of the molecule is O=C(CN1C(=O)SC(=Cc2ccccc2[N+](=O)[O-])C1=O)Nc1cccc2ccccc12. The molecule has 1 saturated heterocycles. The van der Waals surface area contributed by atoms with E-state index >= 15 is 0 Å². The zero-order valence-electron chi connectivity index (χ0n) is 16.0. The number of hydrogen-bond acceptors (Lipinski definition) is 6. The maximum atomic E-state index is 12.7. The van der Waals surface area contributed by atoms with E-state index in [1.807, 2.05) is 30.3 Å². The van der Waals surface area contributed by atoms with E-state index in [1.165, 1.54) is 24.3 Å². The van der Waals surface area contributed by atoms with Crippen LogP contribution in [0.3, 0.4) is 0 Å². The average Bonchev–Trinajstić information content (AvgIpc) is 3.01. The van der Waals surface area contributed by atoms with Gasteiger partial charge in [0.05, 0.1) is 15.4 Å². The van der Waals surface area contributed by atoms with Crippen molar-refractivity contribution in [2.24, 2.45) is 0 Å². The molecule has 0 atom stereocenters. The number of imide groups is 1. The van der Waals surface area contributed by atoms with Crippen molar-refractivity contribution in [2.75, 3.05) is 11.9 Å². The number of nitrogens with zero attached hydrogens (tertiary/aromatic N) is 2. The molecule has 1 aliphatic rings. The van der Waals surface area contributed by atoms with Gasteiger partial charge < -0.3 is 5.32 Å². The third-order valence-electron chi connectivity index (χ3n) is 4.66. The number of fused-ring (bicyclic) bond motifs is 1. The molecular formula is C22H15N3O5S. The number of nitro benzene ring substituents is 1. The van der Waals surface area contributed by atoms with Crippen LogP contribution in [0.2, 0.25) is 0 Å². The summed E-state index contributed by atoms with van der Waals surface area (Å²) in [7, 11) is 0. The molecular weight excluding hydrogens is 418 g/mol. The normalized spacial score (nSPS) is 15.0. The van der Waals surface area contributed by atoms with Gasteiger partial charge in [0.15, 0.2) is 0 Å². The van der Waals surface area contributed by atoms with Crippen molar-refractivity contribution in [3.05, 3.63) is 87.3 Å². The van der Waals surface area contributed by atoms with E-state index in [0.29, 0.717) is 17.4 Å². The molecule has 9 heteroatoms. The molecule has 31 heavy (non-hydrogen) atoms. The summed E-state index contributed by atoms with van der Waals surface area (Å²) in [5, 5.41) is 15.1. The molecule has 0 aromatic heterocycles. The van der Waals surface area contributed by atoms with Crippen LogP contribution < -0.4 is 5.32 Å². The predicted octanol–water partition coefficient (Wildman–Crippen LogP) is 4.42. The van der Waals surface area contributed by atoms with E-state index in [-0.39, 0.29) is 16.2 Å². The number of anilines is 1. The Balaban J connectivity index is 1.52. The first-order valence-corrected chi connectivity index (χ1v) is 10.0. The number of thioether (sulfide) groups is 1. The van der Waals surface area contributed by atoms with E-state index < -0.39 is 28.5 Å². The molecule has 154 valence electrons. The lowest BCUT2D eigenvalue weighted by molar-refractivity contribution is -0.385. The molecule has 0 spiro atoms. The first-order valence-electron chi connectivity index (χ1n) is 9.20. The molecule has 1 aliphatic heterocycles. The third-order valence-corrected chi connectivity index (χ3v) is 5.57. The number of para-hydroxylation sites is 1. The Kier molecular flexibility index (Phi) is 5.50. The third kappa shape index (κ3) is 4.17. The lowest BCUT2D eigenvalue weighted by atomic mass is 10.1. The summed E-state index contributed by atoms with van der Waals surface area (Å²) in [4.78, 5) is 49.0. The Bertz CT molecular complexity index is 1270. The van der Waals surface area contributed by atoms with Crippen molar-refractivity contribution < 1.29 is 19.3 Å². The van der Waals surface area contributed by atoms with Crippen molar-refractivity contribution >= 4 is 57.0 Å². The lowest BCUT2D eigenvalue weighted by Crippen LogP contribution is -2.36. The van der Waals surface area contributed by atoms with Crippen LogP contribution in [-0.4, -0.2) is 33.4 Å². The maximum absolute atomic E-state index is 12.7. The summed E-state index contributed by atoms with van der Waals surface area (Å²) < 4.78 is 0. The summed E-state index contributed by atoms with van der Waals surface area (Å²) in [5.74, 6) is -1.19. The second kappa shape index (κ2) is 8.41. The fourth-order valence-electron chi connectivity index (χ4n) is 3.22. The second-order valence-corrected chi connectivity index (χ2v) is 7.65. The smallest absolute Gasteiger partial charge is 0.294 e. The van der Waals surface area contributed by atoms with Crippen LogP contribution in [-0.2, 0) is 9.59 Å². The Morgan fingerprint density at radius 3 is 2.55 bits per heavy atom. The van der Waals surface area contributed by atoms with Crippen molar-refractivity contribution in [1.29, 1.82) is 0 Å². The zero-order valence-corrected chi connectivity index (χ0v) is 16.8. The first-order chi connectivity index (χ1) is 14.9. The molecule has 3 aromatic rings. The van der Waals surface area contributed by atoms with Gasteiger partial charge in [-0.15, -0.1) is 0 Å². The molecule has 1 heterocycles. The van der Waals surface area contributed by atoms with Crippen LogP contribution in [0.1, 0.15) is 5.56 Å². The summed E-state index contributed by atoms with van der Waals surface area (Å²) in [6, 6.07) is 18.9. The van der Waals surface area contributed by atoms with Gasteiger partial charge in [-0.1, -0.05) is 48.5 Å². The number of carbonyl (C=O) groups is 3. The summed E-state index contributed by atoms with van der Waals surface area (Å²) >= 11 is 0.644.